The SMILES string of the molecule is C1=C(c2ncns2)CCNC1.Cl. The highest BCUT2D eigenvalue weighted by Crippen LogP contribution is 2.19. The third-order valence-corrected chi connectivity index (χ3v) is 2.44. The summed E-state index contributed by atoms with van der Waals surface area (Å²) in [5.74, 6) is 0. The molecule has 0 aliphatic carbocycles. The summed E-state index contributed by atoms with van der Waals surface area (Å²) >= 11 is 1.47. The Kier molecular flexibility index (Phi) is 3.65. The first-order chi connectivity index (χ1) is 5.47. The molecule has 0 amide bonds. The first kappa shape index (κ1) is 9.64. The lowest BCUT2D eigenvalue weighted by atomic mass is 10.1. The normalized spacial score (nSPS) is 16.5. The number of hydrogen-bond donors (Lipinski definition) is 1. The van der Waals surface area contributed by atoms with Crippen LogP contribution in [0, 0.1) is 0 Å². The van der Waals surface area contributed by atoms with Gasteiger partial charge in [0.05, 0.1) is 0 Å². The molecule has 0 radical (unpaired) electrons. The first-order valence-electron chi connectivity index (χ1n) is 3.63. The predicted molar refractivity (Wildman–Crippen MR) is 52.6 cm³/mol. The fraction of sp³-hybridized carbons (Fsp3) is 0.429. The van der Waals surface area contributed by atoms with Crippen LogP contribution in [0.2, 0.25) is 0 Å². The van der Waals surface area contributed by atoms with E-state index >= 15 is 0 Å². The van der Waals surface area contributed by atoms with Crippen LogP contribution in [-0.2, 0) is 0 Å². The van der Waals surface area contributed by atoms with Crippen LogP contribution in [0.3, 0.4) is 0 Å². The number of rotatable bonds is 1. The maximum Gasteiger partial charge on any atom is 0.139 e. The van der Waals surface area contributed by atoms with Crippen molar-refractivity contribution < 1.29 is 0 Å². The largest absolute Gasteiger partial charge is 0.313 e. The maximum absolute atomic E-state index is 4.15. The lowest BCUT2D eigenvalue weighted by Crippen LogP contribution is -2.19. The van der Waals surface area contributed by atoms with Gasteiger partial charge in [0.2, 0.25) is 0 Å². The average molecular weight is 204 g/mol. The van der Waals surface area contributed by atoms with E-state index in [1.54, 1.807) is 6.33 Å². The van der Waals surface area contributed by atoms with Crippen LogP contribution in [0.25, 0.3) is 5.57 Å². The van der Waals surface area contributed by atoms with Gasteiger partial charge in [-0.2, -0.15) is 4.37 Å². The van der Waals surface area contributed by atoms with E-state index < -0.39 is 0 Å². The van der Waals surface area contributed by atoms with E-state index in [0.717, 1.165) is 24.5 Å². The highest BCUT2D eigenvalue weighted by Gasteiger charge is 2.07. The van der Waals surface area contributed by atoms with Gasteiger partial charge in [-0.05, 0) is 30.1 Å². The molecular weight excluding hydrogens is 194 g/mol. The quantitative estimate of drug-likeness (QED) is 0.749. The number of nitrogens with zero attached hydrogens (tertiary/aromatic N) is 2. The van der Waals surface area contributed by atoms with Gasteiger partial charge in [0.25, 0.3) is 0 Å². The van der Waals surface area contributed by atoms with Crippen molar-refractivity contribution in [2.24, 2.45) is 0 Å². The molecule has 1 aromatic rings. The molecule has 1 aliphatic rings. The Morgan fingerprint density at radius 1 is 1.50 bits per heavy atom. The van der Waals surface area contributed by atoms with Gasteiger partial charge < -0.3 is 5.32 Å². The van der Waals surface area contributed by atoms with Gasteiger partial charge in [0, 0.05) is 6.54 Å². The van der Waals surface area contributed by atoms with E-state index in [1.165, 1.54) is 17.1 Å². The topological polar surface area (TPSA) is 37.8 Å². The van der Waals surface area contributed by atoms with Gasteiger partial charge in [-0.25, -0.2) is 4.98 Å². The minimum atomic E-state index is 0. The summed E-state index contributed by atoms with van der Waals surface area (Å²) in [6, 6.07) is 0. The van der Waals surface area contributed by atoms with Crippen LogP contribution in [0.5, 0.6) is 0 Å². The van der Waals surface area contributed by atoms with E-state index in [2.05, 4.69) is 20.8 Å². The third kappa shape index (κ3) is 2.03. The van der Waals surface area contributed by atoms with Crippen LogP contribution in [-0.4, -0.2) is 22.4 Å². The summed E-state index contributed by atoms with van der Waals surface area (Å²) in [6.07, 6.45) is 4.88. The van der Waals surface area contributed by atoms with Crippen molar-refractivity contribution in [2.45, 2.75) is 6.42 Å². The van der Waals surface area contributed by atoms with Crippen molar-refractivity contribution in [1.29, 1.82) is 0 Å². The van der Waals surface area contributed by atoms with Crippen molar-refractivity contribution >= 4 is 29.5 Å². The molecule has 1 aliphatic heterocycles. The summed E-state index contributed by atoms with van der Waals surface area (Å²) in [4.78, 5) is 4.15. The molecule has 1 N–H and O–H groups in total. The summed E-state index contributed by atoms with van der Waals surface area (Å²) in [7, 11) is 0. The molecule has 0 aromatic carbocycles. The molecule has 2 rings (SSSR count). The molecule has 0 unspecified atom stereocenters. The van der Waals surface area contributed by atoms with Crippen molar-refractivity contribution in [3.8, 4) is 0 Å². The smallest absolute Gasteiger partial charge is 0.139 e. The number of halogens is 1. The van der Waals surface area contributed by atoms with Crippen LogP contribution < -0.4 is 5.32 Å². The van der Waals surface area contributed by atoms with Crippen LogP contribution >= 0.6 is 23.9 Å². The van der Waals surface area contributed by atoms with Gasteiger partial charge in [-0.3, -0.25) is 0 Å². The molecule has 0 atom stereocenters. The minimum absolute atomic E-state index is 0. The van der Waals surface area contributed by atoms with E-state index in [9.17, 15) is 0 Å². The Bertz CT molecular complexity index is 258. The van der Waals surface area contributed by atoms with Gasteiger partial charge >= 0.3 is 0 Å². The van der Waals surface area contributed by atoms with E-state index in [1.807, 2.05) is 0 Å². The monoisotopic (exact) mass is 203 g/mol. The average Bonchev–Trinajstić information content (AvgIpc) is 2.58. The first-order valence-corrected chi connectivity index (χ1v) is 4.41. The van der Waals surface area contributed by atoms with Gasteiger partial charge in [0.15, 0.2) is 0 Å². The lowest BCUT2D eigenvalue weighted by Gasteiger charge is -2.10. The highest BCUT2D eigenvalue weighted by atomic mass is 35.5. The molecule has 5 heteroatoms. The summed E-state index contributed by atoms with van der Waals surface area (Å²) in [5, 5.41) is 4.33. The van der Waals surface area contributed by atoms with Crippen molar-refractivity contribution in [3.63, 3.8) is 0 Å². The zero-order valence-corrected chi connectivity index (χ0v) is 8.12. The fourth-order valence-corrected chi connectivity index (χ4v) is 1.72. The van der Waals surface area contributed by atoms with E-state index in [4.69, 9.17) is 0 Å². The molecule has 0 saturated carbocycles. The van der Waals surface area contributed by atoms with Crippen LogP contribution in [0.1, 0.15) is 11.4 Å². The summed E-state index contributed by atoms with van der Waals surface area (Å²) in [5.41, 5.74) is 1.34. The van der Waals surface area contributed by atoms with Crippen molar-refractivity contribution in [3.05, 3.63) is 17.4 Å². The van der Waals surface area contributed by atoms with Gasteiger partial charge in [0.1, 0.15) is 11.3 Å². The Hall–Kier alpha value is -0.450. The van der Waals surface area contributed by atoms with E-state index in [0.29, 0.717) is 0 Å². The lowest BCUT2D eigenvalue weighted by molar-refractivity contribution is 0.738. The standard InChI is InChI=1S/C7H9N3S.ClH/c1-3-8-4-2-6(1)7-9-5-10-11-7;/h1,5,8H,2-4H2;1H. The van der Waals surface area contributed by atoms with Gasteiger partial charge in [-0.1, -0.05) is 6.08 Å². The Morgan fingerprint density at radius 3 is 3.00 bits per heavy atom. The van der Waals surface area contributed by atoms with E-state index in [-0.39, 0.29) is 12.4 Å². The molecule has 0 fully saturated rings. The molecule has 12 heavy (non-hydrogen) atoms. The molecule has 0 spiro atoms. The van der Waals surface area contributed by atoms with Crippen LogP contribution in [0.4, 0.5) is 0 Å². The number of aromatic nitrogens is 2. The second-order valence-corrected chi connectivity index (χ2v) is 3.21. The van der Waals surface area contributed by atoms with Crippen LogP contribution in [0.15, 0.2) is 12.4 Å². The third-order valence-electron chi connectivity index (χ3n) is 1.70. The Balaban J connectivity index is 0.000000720. The molecule has 1 aromatic heterocycles. The minimum Gasteiger partial charge on any atom is -0.313 e. The van der Waals surface area contributed by atoms with Crippen molar-refractivity contribution in [1.82, 2.24) is 14.7 Å². The van der Waals surface area contributed by atoms with Gasteiger partial charge in [-0.15, -0.1) is 12.4 Å². The number of hydrogen-bond acceptors (Lipinski definition) is 4. The molecular formula is C7H10ClN3S. The Labute approximate surface area is 81.5 Å². The zero-order chi connectivity index (χ0) is 7.52. The molecule has 0 bridgehead atoms. The second-order valence-electron chi connectivity index (χ2n) is 2.43. The molecule has 0 saturated heterocycles. The highest BCUT2D eigenvalue weighted by molar-refractivity contribution is 7.06. The summed E-state index contributed by atoms with van der Waals surface area (Å²) < 4.78 is 3.97. The maximum atomic E-state index is 4.15. The fourth-order valence-electron chi connectivity index (χ4n) is 1.13. The second kappa shape index (κ2) is 4.54. The molecule has 66 valence electrons. The zero-order valence-electron chi connectivity index (χ0n) is 6.49. The summed E-state index contributed by atoms with van der Waals surface area (Å²) in [6.45, 7) is 2.03. The Morgan fingerprint density at radius 2 is 2.42 bits per heavy atom. The molecule has 3 nitrogen and oxygen atoms in total. The molecule has 2 heterocycles. The number of nitrogens with one attached hydrogen (secondary N) is 1. The predicted octanol–water partition coefficient (Wildman–Crippen LogP) is 1.34. The van der Waals surface area contributed by atoms with Crippen molar-refractivity contribution in [2.75, 3.05) is 13.1 Å².